The van der Waals surface area contributed by atoms with E-state index in [4.69, 9.17) is 5.21 Å². The van der Waals surface area contributed by atoms with Crippen LogP contribution in [0.4, 0.5) is 0 Å². The molecule has 0 bridgehead atoms. The number of amides is 2. The average Bonchev–Trinajstić information content (AvgIpc) is 2.96. The number of nitrogens with one attached hydrogen (secondary N) is 1. The first-order valence-corrected chi connectivity index (χ1v) is 12.9. The first-order valence-electron chi connectivity index (χ1n) is 12.9. The minimum atomic E-state index is -1.52. The Balaban J connectivity index is 1.74. The molecule has 0 fully saturated rings. The van der Waals surface area contributed by atoms with Gasteiger partial charge in [0, 0.05) is 38.1 Å². The van der Waals surface area contributed by atoms with E-state index < -0.39 is 5.60 Å². The van der Waals surface area contributed by atoms with Crippen LogP contribution in [0.2, 0.25) is 0 Å². The van der Waals surface area contributed by atoms with Gasteiger partial charge in [-0.15, -0.1) is 0 Å². The van der Waals surface area contributed by atoms with Crippen molar-refractivity contribution in [3.8, 4) is 0 Å². The fourth-order valence-electron chi connectivity index (χ4n) is 4.51. The summed E-state index contributed by atoms with van der Waals surface area (Å²) in [7, 11) is 3.38. The standard InChI is InChI=1S/C31H36N2O5/c1-33(2)30(36)24-12-11-15-27(22-24)31(37,25-13-7-6-8-14-25)26-20-18-23(19-21-26)28(34)16-9-4-3-5-10-17-29(35)32-38/h6-8,11-15,18-22,37-38H,3-5,9-10,16-17H2,1-2H3,(H,32,35). The summed E-state index contributed by atoms with van der Waals surface area (Å²) in [5.74, 6) is -0.491. The Kier molecular flexibility index (Phi) is 10.3. The Morgan fingerprint density at radius 2 is 1.29 bits per heavy atom. The van der Waals surface area contributed by atoms with Crippen molar-refractivity contribution in [2.24, 2.45) is 0 Å². The summed E-state index contributed by atoms with van der Waals surface area (Å²) in [6.07, 6.45) is 4.87. The van der Waals surface area contributed by atoms with E-state index in [1.165, 1.54) is 4.90 Å². The summed E-state index contributed by atoms with van der Waals surface area (Å²) in [4.78, 5) is 37.9. The normalized spacial score (nSPS) is 12.4. The van der Waals surface area contributed by atoms with E-state index >= 15 is 0 Å². The third kappa shape index (κ3) is 7.15. The van der Waals surface area contributed by atoms with Gasteiger partial charge >= 0.3 is 0 Å². The van der Waals surface area contributed by atoms with Crippen LogP contribution in [0.3, 0.4) is 0 Å². The first kappa shape index (κ1) is 28.8. The highest BCUT2D eigenvalue weighted by Crippen LogP contribution is 2.37. The van der Waals surface area contributed by atoms with Gasteiger partial charge in [0.2, 0.25) is 5.91 Å². The number of hydroxylamine groups is 1. The van der Waals surface area contributed by atoms with Gasteiger partial charge in [-0.2, -0.15) is 0 Å². The number of carbonyl (C=O) groups is 3. The summed E-state index contributed by atoms with van der Waals surface area (Å²) in [6, 6.07) is 23.3. The second-order valence-electron chi connectivity index (χ2n) is 9.66. The van der Waals surface area contributed by atoms with Crippen LogP contribution in [0.25, 0.3) is 0 Å². The number of benzene rings is 3. The molecule has 3 rings (SSSR count). The lowest BCUT2D eigenvalue weighted by atomic mass is 9.79. The zero-order valence-corrected chi connectivity index (χ0v) is 22.0. The third-order valence-corrected chi connectivity index (χ3v) is 6.68. The zero-order valence-electron chi connectivity index (χ0n) is 22.0. The average molecular weight is 517 g/mol. The molecule has 200 valence electrons. The Bertz CT molecular complexity index is 1220. The van der Waals surface area contributed by atoms with Crippen LogP contribution in [0.5, 0.6) is 0 Å². The van der Waals surface area contributed by atoms with Crippen LogP contribution in [0, 0.1) is 0 Å². The van der Waals surface area contributed by atoms with Gasteiger partial charge in [0.25, 0.3) is 5.91 Å². The van der Waals surface area contributed by atoms with Gasteiger partial charge in [-0.1, -0.05) is 86.0 Å². The molecular formula is C31H36N2O5. The van der Waals surface area contributed by atoms with Crippen molar-refractivity contribution >= 4 is 17.6 Å². The lowest BCUT2D eigenvalue weighted by Gasteiger charge is -2.30. The molecule has 3 aromatic carbocycles. The molecule has 1 atom stereocenters. The van der Waals surface area contributed by atoms with Crippen molar-refractivity contribution in [2.45, 2.75) is 50.5 Å². The molecule has 0 aliphatic carbocycles. The van der Waals surface area contributed by atoms with E-state index in [9.17, 15) is 19.5 Å². The monoisotopic (exact) mass is 516 g/mol. The highest BCUT2D eigenvalue weighted by Gasteiger charge is 2.34. The van der Waals surface area contributed by atoms with Crippen molar-refractivity contribution in [3.63, 3.8) is 0 Å². The Labute approximate surface area is 224 Å². The lowest BCUT2D eigenvalue weighted by molar-refractivity contribution is -0.129. The molecule has 0 heterocycles. The fraction of sp³-hybridized carbons (Fsp3) is 0.323. The number of hydrogen-bond donors (Lipinski definition) is 3. The van der Waals surface area contributed by atoms with Crippen LogP contribution < -0.4 is 5.48 Å². The van der Waals surface area contributed by atoms with Gasteiger partial charge in [0.1, 0.15) is 5.60 Å². The Morgan fingerprint density at radius 1 is 0.711 bits per heavy atom. The number of aliphatic hydroxyl groups is 1. The maximum Gasteiger partial charge on any atom is 0.253 e. The maximum absolute atomic E-state index is 12.8. The van der Waals surface area contributed by atoms with Crippen LogP contribution in [0.15, 0.2) is 78.9 Å². The first-order chi connectivity index (χ1) is 18.3. The van der Waals surface area contributed by atoms with E-state index in [0.29, 0.717) is 47.1 Å². The van der Waals surface area contributed by atoms with Gasteiger partial charge in [0.05, 0.1) is 0 Å². The molecule has 0 radical (unpaired) electrons. The minimum Gasteiger partial charge on any atom is -0.376 e. The summed E-state index contributed by atoms with van der Waals surface area (Å²) in [5.41, 5.74) is 2.99. The third-order valence-electron chi connectivity index (χ3n) is 6.68. The SMILES string of the molecule is CN(C)C(=O)c1cccc(C(O)(c2ccccc2)c2ccc(C(=O)CCCCCCCC(=O)NO)cc2)c1. The topological polar surface area (TPSA) is 107 Å². The second kappa shape index (κ2) is 13.7. The summed E-state index contributed by atoms with van der Waals surface area (Å²) in [5, 5.41) is 20.7. The van der Waals surface area contributed by atoms with E-state index in [-0.39, 0.29) is 17.6 Å². The van der Waals surface area contributed by atoms with E-state index in [1.807, 2.05) is 30.3 Å². The minimum absolute atomic E-state index is 0.0398. The van der Waals surface area contributed by atoms with Crippen molar-refractivity contribution in [2.75, 3.05) is 14.1 Å². The number of nitrogens with zero attached hydrogens (tertiary/aromatic N) is 1. The molecular weight excluding hydrogens is 480 g/mol. The Hall–Kier alpha value is -3.81. The number of Topliss-reactive ketones (excluding diaryl/α,β-unsaturated/α-hetero) is 1. The van der Waals surface area contributed by atoms with Crippen LogP contribution in [-0.4, -0.2) is 46.9 Å². The summed E-state index contributed by atoms with van der Waals surface area (Å²) < 4.78 is 0. The van der Waals surface area contributed by atoms with Crippen molar-refractivity contribution in [3.05, 3.63) is 107 Å². The van der Waals surface area contributed by atoms with Crippen molar-refractivity contribution in [1.29, 1.82) is 0 Å². The van der Waals surface area contributed by atoms with Crippen molar-refractivity contribution in [1.82, 2.24) is 10.4 Å². The quantitative estimate of drug-likeness (QED) is 0.0964. The highest BCUT2D eigenvalue weighted by molar-refractivity contribution is 5.96. The molecule has 0 aliphatic rings. The molecule has 0 saturated heterocycles. The van der Waals surface area contributed by atoms with Gasteiger partial charge < -0.3 is 10.0 Å². The number of hydrogen-bond acceptors (Lipinski definition) is 5. The molecule has 0 spiro atoms. The highest BCUT2D eigenvalue weighted by atomic mass is 16.5. The summed E-state index contributed by atoms with van der Waals surface area (Å²) >= 11 is 0. The van der Waals surface area contributed by atoms with E-state index in [0.717, 1.165) is 25.7 Å². The molecule has 0 aliphatic heterocycles. The molecule has 0 aromatic heterocycles. The van der Waals surface area contributed by atoms with Crippen molar-refractivity contribution < 1.29 is 24.7 Å². The van der Waals surface area contributed by atoms with E-state index in [2.05, 4.69) is 0 Å². The van der Waals surface area contributed by atoms with Crippen LogP contribution >= 0.6 is 0 Å². The number of ketones is 1. The predicted molar refractivity (Wildman–Crippen MR) is 146 cm³/mol. The largest absolute Gasteiger partial charge is 0.376 e. The zero-order chi connectivity index (χ0) is 27.5. The number of rotatable bonds is 13. The number of unbranched alkanes of at least 4 members (excludes halogenated alkanes) is 4. The molecule has 3 N–H and O–H groups in total. The van der Waals surface area contributed by atoms with E-state index in [1.54, 1.807) is 68.1 Å². The van der Waals surface area contributed by atoms with Crippen LogP contribution in [0.1, 0.15) is 82.4 Å². The Morgan fingerprint density at radius 3 is 1.92 bits per heavy atom. The number of carbonyl (C=O) groups excluding carboxylic acids is 3. The molecule has 7 heteroatoms. The molecule has 0 saturated carbocycles. The molecule has 2 amide bonds. The maximum atomic E-state index is 12.8. The van der Waals surface area contributed by atoms with Gasteiger partial charge in [-0.25, -0.2) is 5.48 Å². The molecule has 38 heavy (non-hydrogen) atoms. The molecule has 1 unspecified atom stereocenters. The fourth-order valence-corrected chi connectivity index (χ4v) is 4.51. The molecule has 3 aromatic rings. The van der Waals surface area contributed by atoms with Gasteiger partial charge in [-0.05, 0) is 41.7 Å². The van der Waals surface area contributed by atoms with Gasteiger partial charge in [0.15, 0.2) is 5.78 Å². The predicted octanol–water partition coefficient (Wildman–Crippen LogP) is 5.09. The lowest BCUT2D eigenvalue weighted by Crippen LogP contribution is -2.30. The van der Waals surface area contributed by atoms with Crippen LogP contribution in [-0.2, 0) is 10.4 Å². The molecule has 7 nitrogen and oxygen atoms in total. The second-order valence-corrected chi connectivity index (χ2v) is 9.66. The summed E-state index contributed by atoms with van der Waals surface area (Å²) in [6.45, 7) is 0. The van der Waals surface area contributed by atoms with Gasteiger partial charge in [-0.3, -0.25) is 19.6 Å². The smallest absolute Gasteiger partial charge is 0.253 e.